The Morgan fingerprint density at radius 1 is 1.27 bits per heavy atom. The molecule has 0 saturated heterocycles. The average Bonchev–Trinajstić information content (AvgIpc) is 2.26. The van der Waals surface area contributed by atoms with Crippen LogP contribution in [0.25, 0.3) is 0 Å². The standard InChI is InChI=1S/C12H15ClOSi/c1-15(2,11-13)10-6-9-14-12-7-4-3-5-8-12/h3-5,7-8H,9,11H2,1-2H3. The molecule has 15 heavy (non-hydrogen) atoms. The van der Waals surface area contributed by atoms with E-state index in [1.54, 1.807) is 0 Å². The molecule has 1 rings (SSSR count). The van der Waals surface area contributed by atoms with Crippen LogP contribution in [0.5, 0.6) is 5.75 Å². The van der Waals surface area contributed by atoms with Gasteiger partial charge in [0.15, 0.2) is 0 Å². The van der Waals surface area contributed by atoms with E-state index in [4.69, 9.17) is 16.3 Å². The summed E-state index contributed by atoms with van der Waals surface area (Å²) in [6, 6.07) is 9.69. The second kappa shape index (κ2) is 5.84. The highest BCUT2D eigenvalue weighted by Crippen LogP contribution is 2.07. The minimum Gasteiger partial charge on any atom is -0.481 e. The monoisotopic (exact) mass is 238 g/mol. The predicted octanol–water partition coefficient (Wildman–Crippen LogP) is 3.09. The van der Waals surface area contributed by atoms with Gasteiger partial charge in [0.2, 0.25) is 0 Å². The van der Waals surface area contributed by atoms with E-state index in [2.05, 4.69) is 24.6 Å². The maximum atomic E-state index is 5.81. The number of hydrogen-bond donors (Lipinski definition) is 0. The van der Waals surface area contributed by atoms with Crippen LogP contribution in [0.1, 0.15) is 0 Å². The van der Waals surface area contributed by atoms with E-state index in [0.717, 1.165) is 5.75 Å². The summed E-state index contributed by atoms with van der Waals surface area (Å²) < 4.78 is 5.45. The van der Waals surface area contributed by atoms with Crippen molar-refractivity contribution in [2.45, 2.75) is 13.1 Å². The van der Waals surface area contributed by atoms with Gasteiger partial charge < -0.3 is 4.74 Å². The molecule has 1 aromatic carbocycles. The minimum absolute atomic E-state index is 0.442. The van der Waals surface area contributed by atoms with Crippen LogP contribution in [-0.4, -0.2) is 20.2 Å². The Morgan fingerprint density at radius 2 is 1.93 bits per heavy atom. The van der Waals surface area contributed by atoms with Crippen molar-refractivity contribution in [2.75, 3.05) is 12.1 Å². The fourth-order valence-corrected chi connectivity index (χ4v) is 1.76. The molecule has 80 valence electrons. The summed E-state index contributed by atoms with van der Waals surface area (Å²) >= 11 is 5.81. The molecule has 0 N–H and O–H groups in total. The average molecular weight is 239 g/mol. The first-order chi connectivity index (χ1) is 7.14. The van der Waals surface area contributed by atoms with Crippen molar-refractivity contribution in [3.63, 3.8) is 0 Å². The number of para-hydroxylation sites is 1. The number of halogens is 1. The molecule has 0 heterocycles. The van der Waals surface area contributed by atoms with Gasteiger partial charge in [0.05, 0.1) is 0 Å². The summed E-state index contributed by atoms with van der Waals surface area (Å²) in [5.74, 6) is 3.89. The van der Waals surface area contributed by atoms with E-state index in [0.29, 0.717) is 12.1 Å². The van der Waals surface area contributed by atoms with Gasteiger partial charge in [0.25, 0.3) is 0 Å². The highest BCUT2D eigenvalue weighted by molar-refractivity contribution is 6.89. The second-order valence-corrected chi connectivity index (χ2v) is 9.01. The van der Waals surface area contributed by atoms with E-state index < -0.39 is 8.07 Å². The van der Waals surface area contributed by atoms with Gasteiger partial charge in [0.1, 0.15) is 20.4 Å². The molecule has 0 aliphatic carbocycles. The van der Waals surface area contributed by atoms with Crippen LogP contribution < -0.4 is 4.74 Å². The molecule has 0 unspecified atom stereocenters. The molecule has 0 fully saturated rings. The van der Waals surface area contributed by atoms with E-state index in [1.807, 2.05) is 30.3 Å². The summed E-state index contributed by atoms with van der Waals surface area (Å²) in [7, 11) is -1.49. The maximum absolute atomic E-state index is 5.81. The van der Waals surface area contributed by atoms with Crippen molar-refractivity contribution in [1.82, 2.24) is 0 Å². The van der Waals surface area contributed by atoms with Gasteiger partial charge in [0, 0.05) is 5.50 Å². The Hall–Kier alpha value is -0.913. The lowest BCUT2D eigenvalue weighted by Crippen LogP contribution is -2.26. The second-order valence-electron chi connectivity index (χ2n) is 3.92. The number of benzene rings is 1. The molecule has 3 heteroatoms. The smallest absolute Gasteiger partial charge is 0.148 e. The fourth-order valence-electron chi connectivity index (χ4n) is 0.945. The van der Waals surface area contributed by atoms with E-state index in [-0.39, 0.29) is 0 Å². The Morgan fingerprint density at radius 3 is 2.53 bits per heavy atom. The van der Waals surface area contributed by atoms with Gasteiger partial charge >= 0.3 is 0 Å². The van der Waals surface area contributed by atoms with Crippen molar-refractivity contribution >= 4 is 19.7 Å². The van der Waals surface area contributed by atoms with Crippen LogP contribution in [0.2, 0.25) is 13.1 Å². The van der Waals surface area contributed by atoms with Crippen LogP contribution in [0.4, 0.5) is 0 Å². The van der Waals surface area contributed by atoms with Crippen LogP contribution in [0.15, 0.2) is 30.3 Å². The zero-order chi connectivity index (χ0) is 11.1. The van der Waals surface area contributed by atoms with Gasteiger partial charge in [-0.3, -0.25) is 0 Å². The van der Waals surface area contributed by atoms with Crippen LogP contribution >= 0.6 is 11.6 Å². The molecule has 0 aliphatic rings. The molecule has 0 bridgehead atoms. The Labute approximate surface area is 97.4 Å². The molecule has 1 aromatic rings. The van der Waals surface area contributed by atoms with E-state index in [1.165, 1.54) is 0 Å². The lowest BCUT2D eigenvalue weighted by molar-refractivity contribution is 0.370. The van der Waals surface area contributed by atoms with Crippen molar-refractivity contribution < 1.29 is 4.74 Å². The minimum atomic E-state index is -1.49. The third-order valence-corrected chi connectivity index (χ3v) is 5.34. The Bertz CT molecular complexity index is 351. The molecular formula is C12H15ClOSi. The molecule has 0 amide bonds. The zero-order valence-electron chi connectivity index (χ0n) is 9.09. The van der Waals surface area contributed by atoms with Crippen molar-refractivity contribution in [1.29, 1.82) is 0 Å². The van der Waals surface area contributed by atoms with Gasteiger partial charge in [-0.25, -0.2) is 0 Å². The van der Waals surface area contributed by atoms with Crippen LogP contribution in [0, 0.1) is 11.5 Å². The van der Waals surface area contributed by atoms with Gasteiger partial charge in [-0.05, 0) is 12.1 Å². The highest BCUT2D eigenvalue weighted by Gasteiger charge is 2.15. The summed E-state index contributed by atoms with van der Waals surface area (Å²) in [6.45, 7) is 4.74. The van der Waals surface area contributed by atoms with Crippen LogP contribution in [0.3, 0.4) is 0 Å². The normalized spacial score (nSPS) is 10.3. The topological polar surface area (TPSA) is 9.23 Å². The number of rotatable bonds is 3. The number of ether oxygens (including phenoxy) is 1. The largest absolute Gasteiger partial charge is 0.481 e. The first-order valence-corrected chi connectivity index (χ1v) is 8.62. The molecular weight excluding hydrogens is 224 g/mol. The van der Waals surface area contributed by atoms with Gasteiger partial charge in [-0.2, -0.15) is 0 Å². The summed E-state index contributed by atoms with van der Waals surface area (Å²) in [5.41, 5.74) is 3.88. The maximum Gasteiger partial charge on any atom is 0.148 e. The molecule has 0 atom stereocenters. The van der Waals surface area contributed by atoms with Crippen LogP contribution in [-0.2, 0) is 0 Å². The quantitative estimate of drug-likeness (QED) is 0.447. The zero-order valence-corrected chi connectivity index (χ0v) is 10.8. The third kappa shape index (κ3) is 4.92. The van der Waals surface area contributed by atoms with E-state index >= 15 is 0 Å². The lowest BCUT2D eigenvalue weighted by atomic mass is 10.3. The number of alkyl halides is 1. The predicted molar refractivity (Wildman–Crippen MR) is 67.9 cm³/mol. The molecule has 0 aliphatic heterocycles. The number of hydrogen-bond acceptors (Lipinski definition) is 1. The molecule has 0 aromatic heterocycles. The Balaban J connectivity index is 2.40. The SMILES string of the molecule is C[Si](C)(C#CCOc1ccccc1)CCl. The highest BCUT2D eigenvalue weighted by atomic mass is 35.5. The first-order valence-electron chi connectivity index (χ1n) is 4.88. The molecule has 0 saturated carbocycles. The van der Waals surface area contributed by atoms with Crippen molar-refractivity contribution in [3.05, 3.63) is 30.3 Å². The summed E-state index contributed by atoms with van der Waals surface area (Å²) in [6.07, 6.45) is 0. The molecule has 0 radical (unpaired) electrons. The fraction of sp³-hybridized carbons (Fsp3) is 0.333. The first kappa shape index (κ1) is 12.2. The van der Waals surface area contributed by atoms with E-state index in [9.17, 15) is 0 Å². The van der Waals surface area contributed by atoms with Crippen molar-refractivity contribution in [2.24, 2.45) is 0 Å². The van der Waals surface area contributed by atoms with Gasteiger partial charge in [-0.1, -0.05) is 37.2 Å². The van der Waals surface area contributed by atoms with Gasteiger partial charge in [-0.15, -0.1) is 17.1 Å². The molecule has 0 spiro atoms. The lowest BCUT2D eigenvalue weighted by Gasteiger charge is -2.08. The van der Waals surface area contributed by atoms with Crippen molar-refractivity contribution in [3.8, 4) is 17.2 Å². The summed E-state index contributed by atoms with van der Waals surface area (Å²) in [5, 5.41) is 0. The Kier molecular flexibility index (Phi) is 4.74. The third-order valence-electron chi connectivity index (χ3n) is 1.82. The summed E-state index contributed by atoms with van der Waals surface area (Å²) in [4.78, 5) is 0. The molecule has 1 nitrogen and oxygen atoms in total.